The van der Waals surface area contributed by atoms with Gasteiger partial charge in [-0.2, -0.15) is 0 Å². The van der Waals surface area contributed by atoms with E-state index in [9.17, 15) is 4.79 Å². The number of ether oxygens (including phenoxy) is 1. The van der Waals surface area contributed by atoms with Gasteiger partial charge in [0, 0.05) is 24.4 Å². The van der Waals surface area contributed by atoms with Crippen LogP contribution < -0.4 is 10.1 Å². The maximum atomic E-state index is 11.8. The van der Waals surface area contributed by atoms with Crippen LogP contribution in [0.15, 0.2) is 18.2 Å². The molecule has 102 valence electrons. The summed E-state index contributed by atoms with van der Waals surface area (Å²) < 4.78 is 5.90. The largest absolute Gasteiger partial charge is 0.493 e. The maximum Gasteiger partial charge on any atom is 0.163 e. The smallest absolute Gasteiger partial charge is 0.163 e. The Morgan fingerprint density at radius 3 is 3.05 bits per heavy atom. The van der Waals surface area contributed by atoms with Crippen LogP contribution in [0.5, 0.6) is 5.75 Å². The molecule has 2 aliphatic rings. The lowest BCUT2D eigenvalue weighted by Crippen LogP contribution is -2.33. The molecule has 1 N–H and O–H groups in total. The van der Waals surface area contributed by atoms with E-state index in [0.29, 0.717) is 12.3 Å². The summed E-state index contributed by atoms with van der Waals surface area (Å²) in [5.41, 5.74) is 2.06. The number of carbonyl (C=O) groups is 1. The van der Waals surface area contributed by atoms with Crippen molar-refractivity contribution in [1.82, 2.24) is 5.32 Å². The molecule has 1 aromatic rings. The fourth-order valence-corrected chi connectivity index (χ4v) is 2.99. The summed E-state index contributed by atoms with van der Waals surface area (Å²) in [6.07, 6.45) is 5.16. The van der Waals surface area contributed by atoms with Crippen molar-refractivity contribution < 1.29 is 9.53 Å². The highest BCUT2D eigenvalue weighted by Gasteiger charge is 2.18. The van der Waals surface area contributed by atoms with E-state index in [4.69, 9.17) is 4.74 Å². The Hall–Kier alpha value is -1.35. The Morgan fingerprint density at radius 1 is 1.26 bits per heavy atom. The lowest BCUT2D eigenvalue weighted by molar-refractivity contribution is 0.0972. The third-order valence-corrected chi connectivity index (χ3v) is 4.11. The van der Waals surface area contributed by atoms with Gasteiger partial charge in [-0.15, -0.1) is 0 Å². The molecule has 19 heavy (non-hydrogen) atoms. The van der Waals surface area contributed by atoms with Crippen LogP contribution in [0.2, 0.25) is 0 Å². The van der Waals surface area contributed by atoms with Crippen LogP contribution in [-0.2, 0) is 6.42 Å². The van der Waals surface area contributed by atoms with Gasteiger partial charge < -0.3 is 10.1 Å². The molecule has 0 saturated carbocycles. The first-order valence-electron chi connectivity index (χ1n) is 7.32. The fraction of sp³-hybridized carbons (Fsp3) is 0.562. The van der Waals surface area contributed by atoms with Crippen molar-refractivity contribution in [3.05, 3.63) is 29.3 Å². The molecule has 3 heteroatoms. The number of hydrogen-bond donors (Lipinski definition) is 1. The molecule has 0 radical (unpaired) electrons. The molecule has 3 rings (SSSR count). The molecular weight excluding hydrogens is 238 g/mol. The van der Waals surface area contributed by atoms with Crippen molar-refractivity contribution in [3.63, 3.8) is 0 Å². The quantitative estimate of drug-likeness (QED) is 0.906. The third kappa shape index (κ3) is 2.98. The first-order valence-corrected chi connectivity index (χ1v) is 7.32. The zero-order valence-corrected chi connectivity index (χ0v) is 11.3. The minimum Gasteiger partial charge on any atom is -0.493 e. The summed E-state index contributed by atoms with van der Waals surface area (Å²) in [7, 11) is 0. The summed E-state index contributed by atoms with van der Waals surface area (Å²) in [6, 6.07) is 5.94. The number of nitrogens with one attached hydrogen (secondary N) is 1. The number of piperidine rings is 1. The topological polar surface area (TPSA) is 38.3 Å². The van der Waals surface area contributed by atoms with Gasteiger partial charge in [0.2, 0.25) is 0 Å². The first-order chi connectivity index (χ1) is 9.33. The number of fused-ring (bicyclic) bond motifs is 1. The van der Waals surface area contributed by atoms with Gasteiger partial charge in [0.05, 0.1) is 6.61 Å². The number of aryl methyl sites for hydroxylation is 1. The van der Waals surface area contributed by atoms with Gasteiger partial charge in [0.25, 0.3) is 0 Å². The Bertz CT molecular complexity index is 464. The Morgan fingerprint density at radius 2 is 2.21 bits per heavy atom. The molecule has 1 fully saturated rings. The molecule has 3 nitrogen and oxygen atoms in total. The second-order valence-corrected chi connectivity index (χ2v) is 5.62. The zero-order valence-electron chi connectivity index (χ0n) is 11.3. The normalized spacial score (nSPS) is 22.9. The van der Waals surface area contributed by atoms with Gasteiger partial charge in [0.1, 0.15) is 5.75 Å². The van der Waals surface area contributed by atoms with E-state index in [1.165, 1.54) is 12.8 Å². The van der Waals surface area contributed by atoms with Crippen molar-refractivity contribution in [1.29, 1.82) is 0 Å². The highest BCUT2D eigenvalue weighted by Crippen LogP contribution is 2.26. The Kier molecular flexibility index (Phi) is 3.83. The van der Waals surface area contributed by atoms with Crippen molar-refractivity contribution in [2.75, 3.05) is 19.7 Å². The second kappa shape index (κ2) is 5.74. The van der Waals surface area contributed by atoms with Crippen molar-refractivity contribution in [3.8, 4) is 5.75 Å². The molecule has 1 heterocycles. The van der Waals surface area contributed by atoms with Crippen LogP contribution in [-0.4, -0.2) is 25.5 Å². The molecule has 0 amide bonds. The van der Waals surface area contributed by atoms with E-state index in [1.54, 1.807) is 0 Å². The summed E-state index contributed by atoms with van der Waals surface area (Å²) >= 11 is 0. The fourth-order valence-electron chi connectivity index (χ4n) is 2.99. The second-order valence-electron chi connectivity index (χ2n) is 5.62. The lowest BCUT2D eigenvalue weighted by atomic mass is 9.90. The molecule has 0 spiro atoms. The average Bonchev–Trinajstić information content (AvgIpc) is 2.46. The number of Topliss-reactive ketones (excluding diaryl/α,β-unsaturated/α-hetero) is 1. The standard InChI is InChI=1S/C16H21NO2/c18-16-5-1-4-13-9-14(6-7-15(13)16)19-11-12-3-2-8-17-10-12/h6-7,9,12,17H,1-5,8,10-11H2. The zero-order chi connectivity index (χ0) is 13.1. The van der Waals surface area contributed by atoms with E-state index >= 15 is 0 Å². The number of hydrogen-bond acceptors (Lipinski definition) is 3. The van der Waals surface area contributed by atoms with E-state index in [1.807, 2.05) is 12.1 Å². The van der Waals surface area contributed by atoms with Gasteiger partial charge in [-0.05, 0) is 56.0 Å². The van der Waals surface area contributed by atoms with Crippen LogP contribution in [0, 0.1) is 5.92 Å². The molecule has 0 bridgehead atoms. The van der Waals surface area contributed by atoms with E-state index in [2.05, 4.69) is 11.4 Å². The third-order valence-electron chi connectivity index (χ3n) is 4.11. The SMILES string of the molecule is O=C1CCCc2cc(OCC3CCCNC3)ccc21. The number of rotatable bonds is 3. The molecule has 1 unspecified atom stereocenters. The Balaban J connectivity index is 1.63. The average molecular weight is 259 g/mol. The van der Waals surface area contributed by atoms with Crippen LogP contribution in [0.4, 0.5) is 0 Å². The molecule has 1 aromatic carbocycles. The van der Waals surface area contributed by atoms with Crippen molar-refractivity contribution in [2.24, 2.45) is 5.92 Å². The lowest BCUT2D eigenvalue weighted by Gasteiger charge is -2.23. The summed E-state index contributed by atoms with van der Waals surface area (Å²) in [6.45, 7) is 2.97. The summed E-state index contributed by atoms with van der Waals surface area (Å²) in [4.78, 5) is 11.8. The van der Waals surface area contributed by atoms with Crippen LogP contribution in [0.1, 0.15) is 41.6 Å². The van der Waals surface area contributed by atoms with Gasteiger partial charge in [-0.25, -0.2) is 0 Å². The highest BCUT2D eigenvalue weighted by atomic mass is 16.5. The van der Waals surface area contributed by atoms with Gasteiger partial charge in [-0.1, -0.05) is 0 Å². The molecule has 0 aromatic heterocycles. The monoisotopic (exact) mass is 259 g/mol. The molecular formula is C16H21NO2. The molecule has 1 aliphatic heterocycles. The maximum absolute atomic E-state index is 11.8. The minimum absolute atomic E-state index is 0.282. The minimum atomic E-state index is 0.282. The number of carbonyl (C=O) groups excluding carboxylic acids is 1. The Labute approximate surface area is 114 Å². The predicted octanol–water partition coefficient (Wildman–Crippen LogP) is 2.58. The summed E-state index contributed by atoms with van der Waals surface area (Å²) in [5.74, 6) is 1.81. The predicted molar refractivity (Wildman–Crippen MR) is 74.8 cm³/mol. The van der Waals surface area contributed by atoms with Crippen molar-refractivity contribution >= 4 is 5.78 Å². The van der Waals surface area contributed by atoms with E-state index in [-0.39, 0.29) is 5.78 Å². The molecule has 1 saturated heterocycles. The van der Waals surface area contributed by atoms with Gasteiger partial charge in [0.15, 0.2) is 5.78 Å². The first kappa shape index (κ1) is 12.7. The molecule has 1 atom stereocenters. The summed E-state index contributed by atoms with van der Waals surface area (Å²) in [5, 5.41) is 3.40. The van der Waals surface area contributed by atoms with E-state index < -0.39 is 0 Å². The highest BCUT2D eigenvalue weighted by molar-refractivity contribution is 5.98. The molecule has 1 aliphatic carbocycles. The van der Waals surface area contributed by atoms with E-state index in [0.717, 1.165) is 49.4 Å². The van der Waals surface area contributed by atoms with Crippen LogP contribution in [0.3, 0.4) is 0 Å². The number of ketones is 1. The number of benzene rings is 1. The van der Waals surface area contributed by atoms with Crippen LogP contribution >= 0.6 is 0 Å². The van der Waals surface area contributed by atoms with Gasteiger partial charge >= 0.3 is 0 Å². The van der Waals surface area contributed by atoms with Crippen LogP contribution in [0.25, 0.3) is 0 Å². The van der Waals surface area contributed by atoms with Gasteiger partial charge in [-0.3, -0.25) is 4.79 Å². The van der Waals surface area contributed by atoms with Crippen molar-refractivity contribution in [2.45, 2.75) is 32.1 Å².